The van der Waals surface area contributed by atoms with Crippen molar-refractivity contribution in [3.8, 4) is 11.5 Å². The van der Waals surface area contributed by atoms with E-state index in [4.69, 9.17) is 14.6 Å². The molecule has 1 N–H and O–H groups in total. The number of esters is 2. The van der Waals surface area contributed by atoms with Gasteiger partial charge in [-0.25, -0.2) is 0 Å². The second-order valence-corrected chi connectivity index (χ2v) is 10.4. The summed E-state index contributed by atoms with van der Waals surface area (Å²) < 4.78 is 11.8. The van der Waals surface area contributed by atoms with E-state index >= 15 is 0 Å². The van der Waals surface area contributed by atoms with Gasteiger partial charge in [-0.1, -0.05) is 57.4 Å². The summed E-state index contributed by atoms with van der Waals surface area (Å²) in [6.07, 6.45) is 7.56. The van der Waals surface area contributed by atoms with Gasteiger partial charge >= 0.3 is 17.9 Å². The maximum absolute atomic E-state index is 12.8. The van der Waals surface area contributed by atoms with Gasteiger partial charge in [0.15, 0.2) is 0 Å². The summed E-state index contributed by atoms with van der Waals surface area (Å²) in [6.45, 7) is 14.3. The second-order valence-electron chi connectivity index (χ2n) is 10.4. The first-order valence-electron chi connectivity index (χ1n) is 13.1. The van der Waals surface area contributed by atoms with Crippen LogP contribution in [0, 0.1) is 11.8 Å². The van der Waals surface area contributed by atoms with Crippen LogP contribution < -0.4 is 9.47 Å². The molecule has 0 radical (unpaired) electrons. The Hall–Kier alpha value is -2.89. The molecular weight excluding hydrogens is 456 g/mol. The van der Waals surface area contributed by atoms with Gasteiger partial charge in [0.2, 0.25) is 0 Å². The van der Waals surface area contributed by atoms with E-state index in [2.05, 4.69) is 26.5 Å². The molecule has 0 spiro atoms. The highest BCUT2D eigenvalue weighted by Crippen LogP contribution is 2.47. The molecule has 0 saturated carbocycles. The average Bonchev–Trinajstić information content (AvgIpc) is 2.77. The number of carboxylic acids is 1. The van der Waals surface area contributed by atoms with Gasteiger partial charge in [0.1, 0.15) is 11.5 Å². The molecule has 2 unspecified atom stereocenters. The molecule has 6 nitrogen and oxygen atoms in total. The number of allylic oxidation sites excluding steroid dienone is 3. The Bertz CT molecular complexity index is 987. The monoisotopic (exact) mass is 498 g/mol. The van der Waals surface area contributed by atoms with Crippen LogP contribution in [-0.4, -0.2) is 23.0 Å². The first kappa shape index (κ1) is 29.3. The lowest BCUT2D eigenvalue weighted by molar-refractivity contribution is -0.142. The summed E-state index contributed by atoms with van der Waals surface area (Å²) in [4.78, 5) is 36.5. The minimum absolute atomic E-state index is 0.0960. The van der Waals surface area contributed by atoms with Gasteiger partial charge in [-0.3, -0.25) is 14.4 Å². The summed E-state index contributed by atoms with van der Waals surface area (Å²) in [6, 6.07) is 3.77. The van der Waals surface area contributed by atoms with E-state index in [1.165, 1.54) is 5.57 Å². The lowest BCUT2D eigenvalue weighted by Gasteiger charge is -2.32. The number of carbonyl (C=O) groups is 3. The lowest BCUT2D eigenvalue weighted by atomic mass is 9.73. The van der Waals surface area contributed by atoms with Crippen LogP contribution >= 0.6 is 0 Å². The van der Waals surface area contributed by atoms with Gasteiger partial charge in [0.25, 0.3) is 0 Å². The van der Waals surface area contributed by atoms with Crippen LogP contribution in [-0.2, 0) is 20.8 Å². The summed E-state index contributed by atoms with van der Waals surface area (Å²) >= 11 is 0. The third-order valence-electron chi connectivity index (χ3n) is 6.51. The van der Waals surface area contributed by atoms with E-state index < -0.39 is 11.9 Å². The number of rotatable bonds is 13. The molecule has 198 valence electrons. The van der Waals surface area contributed by atoms with Crippen molar-refractivity contribution in [2.24, 2.45) is 11.8 Å². The maximum Gasteiger partial charge on any atom is 0.311 e. The summed E-state index contributed by atoms with van der Waals surface area (Å²) in [7, 11) is 0. The maximum atomic E-state index is 12.8. The molecule has 36 heavy (non-hydrogen) atoms. The number of hydrogen-bond acceptors (Lipinski definition) is 5. The topological polar surface area (TPSA) is 89.9 Å². The molecule has 0 heterocycles. The van der Waals surface area contributed by atoms with E-state index in [1.807, 2.05) is 32.9 Å². The van der Waals surface area contributed by atoms with Crippen LogP contribution in [0.4, 0.5) is 0 Å². The summed E-state index contributed by atoms with van der Waals surface area (Å²) in [5.41, 5.74) is 3.80. The SMILES string of the molecule is C=C(C)C1CCC(C)=CC1c1c(OC(=O)CCC(=O)O)cc(CCCCC)cc1OC(=O)CC(C)C. The third kappa shape index (κ3) is 8.96. The van der Waals surface area contributed by atoms with Crippen molar-refractivity contribution >= 4 is 17.9 Å². The zero-order valence-corrected chi connectivity index (χ0v) is 22.5. The Kier molecular flexibility index (Phi) is 11.4. The predicted octanol–water partition coefficient (Wildman–Crippen LogP) is 7.16. The minimum atomic E-state index is -1.06. The molecular formula is C30H42O6. The number of aryl methyl sites for hydroxylation is 1. The van der Waals surface area contributed by atoms with Crippen molar-refractivity contribution in [1.29, 1.82) is 0 Å². The molecule has 0 bridgehead atoms. The van der Waals surface area contributed by atoms with Gasteiger partial charge in [0.05, 0.1) is 12.8 Å². The molecule has 1 aromatic rings. The lowest BCUT2D eigenvalue weighted by Crippen LogP contribution is -2.21. The largest absolute Gasteiger partial charge is 0.481 e. The van der Waals surface area contributed by atoms with E-state index in [1.54, 1.807) is 0 Å². The number of carboxylic acid groups (broad SMARTS) is 1. The van der Waals surface area contributed by atoms with Crippen LogP contribution in [0.25, 0.3) is 0 Å². The molecule has 2 atom stereocenters. The molecule has 1 aliphatic rings. The first-order chi connectivity index (χ1) is 17.0. The van der Waals surface area contributed by atoms with Gasteiger partial charge in [-0.05, 0) is 69.1 Å². The zero-order valence-electron chi connectivity index (χ0n) is 22.5. The van der Waals surface area contributed by atoms with Crippen LogP contribution in [0.3, 0.4) is 0 Å². The number of carbonyl (C=O) groups excluding carboxylic acids is 2. The normalized spacial score (nSPS) is 17.4. The number of benzene rings is 1. The molecule has 0 saturated heterocycles. The van der Waals surface area contributed by atoms with Crippen LogP contribution in [0.15, 0.2) is 35.9 Å². The van der Waals surface area contributed by atoms with E-state index in [-0.39, 0.29) is 43.0 Å². The van der Waals surface area contributed by atoms with Crippen molar-refractivity contribution in [3.05, 3.63) is 47.1 Å². The van der Waals surface area contributed by atoms with Crippen molar-refractivity contribution in [1.82, 2.24) is 0 Å². The molecule has 0 aromatic heterocycles. The van der Waals surface area contributed by atoms with Crippen molar-refractivity contribution in [2.75, 3.05) is 0 Å². The number of unbranched alkanes of at least 4 members (excludes halogenated alkanes) is 2. The highest BCUT2D eigenvalue weighted by atomic mass is 16.5. The van der Waals surface area contributed by atoms with Crippen molar-refractivity contribution in [2.45, 2.75) is 98.3 Å². The van der Waals surface area contributed by atoms with Crippen molar-refractivity contribution in [3.63, 3.8) is 0 Å². The van der Waals surface area contributed by atoms with E-state index in [0.717, 1.165) is 49.7 Å². The van der Waals surface area contributed by atoms with Crippen LogP contribution in [0.2, 0.25) is 0 Å². The molecule has 6 heteroatoms. The van der Waals surface area contributed by atoms with Crippen LogP contribution in [0.1, 0.15) is 103 Å². The summed E-state index contributed by atoms with van der Waals surface area (Å²) in [5.74, 6) is -1.19. The third-order valence-corrected chi connectivity index (χ3v) is 6.51. The number of aliphatic carboxylic acids is 1. The van der Waals surface area contributed by atoms with Crippen LogP contribution in [0.5, 0.6) is 11.5 Å². The van der Waals surface area contributed by atoms with Gasteiger partial charge in [0, 0.05) is 17.9 Å². The highest BCUT2D eigenvalue weighted by Gasteiger charge is 2.32. The molecule has 0 aliphatic heterocycles. The Balaban J connectivity index is 2.65. The Labute approximate surface area is 215 Å². The molecule has 2 rings (SSSR count). The van der Waals surface area contributed by atoms with Gasteiger partial charge < -0.3 is 14.6 Å². The smallest absolute Gasteiger partial charge is 0.311 e. The van der Waals surface area contributed by atoms with Gasteiger partial charge in [-0.2, -0.15) is 0 Å². The standard InChI is InChI=1S/C30H42O6/c1-7-8-9-10-22-17-25(35-28(33)14-13-27(31)32)30(26(18-22)36-29(34)15-19(2)3)24-16-21(6)11-12-23(24)20(4)5/h16-19,23-24H,4,7-15H2,1-3,5-6H3,(H,31,32). The van der Waals surface area contributed by atoms with E-state index in [0.29, 0.717) is 17.1 Å². The molecule has 1 aromatic carbocycles. The Morgan fingerprint density at radius 2 is 1.72 bits per heavy atom. The zero-order chi connectivity index (χ0) is 26.8. The van der Waals surface area contributed by atoms with Gasteiger partial charge in [-0.15, -0.1) is 0 Å². The Morgan fingerprint density at radius 3 is 2.28 bits per heavy atom. The fourth-order valence-corrected chi connectivity index (χ4v) is 4.66. The molecule has 0 amide bonds. The fraction of sp³-hybridized carbons (Fsp3) is 0.567. The predicted molar refractivity (Wildman–Crippen MR) is 141 cm³/mol. The second kappa shape index (κ2) is 14.0. The summed E-state index contributed by atoms with van der Waals surface area (Å²) in [5, 5.41) is 9.01. The fourth-order valence-electron chi connectivity index (χ4n) is 4.66. The first-order valence-corrected chi connectivity index (χ1v) is 13.1. The minimum Gasteiger partial charge on any atom is -0.481 e. The number of hydrogen-bond donors (Lipinski definition) is 1. The number of ether oxygens (including phenoxy) is 2. The molecule has 0 fully saturated rings. The molecule has 1 aliphatic carbocycles. The Morgan fingerprint density at radius 1 is 1.08 bits per heavy atom. The average molecular weight is 499 g/mol. The highest BCUT2D eigenvalue weighted by molar-refractivity contribution is 5.79. The van der Waals surface area contributed by atoms with Crippen molar-refractivity contribution < 1.29 is 29.0 Å². The quantitative estimate of drug-likeness (QED) is 0.134. The van der Waals surface area contributed by atoms with E-state index in [9.17, 15) is 14.4 Å².